The molecule has 0 bridgehead atoms. The van der Waals surface area contributed by atoms with Crippen LogP contribution in [0.5, 0.6) is 11.5 Å². The summed E-state index contributed by atoms with van der Waals surface area (Å²) >= 11 is 0. The van der Waals surface area contributed by atoms with Crippen LogP contribution in [-0.4, -0.2) is 25.2 Å². The standard InChI is InChI=1S/C22H26N2O4/c1-15(2)13-24-18-11-10-16(12-19(18)27-14-22(3,4)20(24)25)23-21(26)28-17-8-6-5-7-9-17/h5-12,15H,13-14H2,1-4H3,(H,23,26). The van der Waals surface area contributed by atoms with Gasteiger partial charge in [0.05, 0.1) is 11.1 Å². The zero-order chi connectivity index (χ0) is 20.3. The van der Waals surface area contributed by atoms with Crippen LogP contribution in [-0.2, 0) is 4.79 Å². The highest BCUT2D eigenvalue weighted by Gasteiger charge is 2.38. The molecule has 0 radical (unpaired) electrons. The average molecular weight is 382 g/mol. The Kier molecular flexibility index (Phi) is 5.58. The van der Waals surface area contributed by atoms with Crippen LogP contribution < -0.4 is 19.7 Å². The van der Waals surface area contributed by atoms with Crippen LogP contribution in [0.3, 0.4) is 0 Å². The van der Waals surface area contributed by atoms with Gasteiger partial charge in [0.25, 0.3) is 0 Å². The summed E-state index contributed by atoms with van der Waals surface area (Å²) in [6, 6.07) is 14.1. The summed E-state index contributed by atoms with van der Waals surface area (Å²) in [5, 5.41) is 2.70. The highest BCUT2D eigenvalue weighted by Crippen LogP contribution is 2.38. The van der Waals surface area contributed by atoms with Crippen molar-refractivity contribution in [3.05, 3.63) is 48.5 Å². The van der Waals surface area contributed by atoms with Gasteiger partial charge < -0.3 is 14.4 Å². The minimum Gasteiger partial charge on any atom is -0.490 e. The van der Waals surface area contributed by atoms with Gasteiger partial charge in [-0.15, -0.1) is 0 Å². The Balaban J connectivity index is 1.82. The Labute approximate surface area is 165 Å². The molecule has 0 atom stereocenters. The first-order chi connectivity index (χ1) is 13.3. The first-order valence-electron chi connectivity index (χ1n) is 9.39. The smallest absolute Gasteiger partial charge is 0.417 e. The molecule has 0 fully saturated rings. The van der Waals surface area contributed by atoms with E-state index in [1.165, 1.54) is 0 Å². The van der Waals surface area contributed by atoms with Gasteiger partial charge in [-0.1, -0.05) is 32.0 Å². The van der Waals surface area contributed by atoms with Gasteiger partial charge in [0.2, 0.25) is 5.91 Å². The fourth-order valence-corrected chi connectivity index (χ4v) is 3.01. The maximum Gasteiger partial charge on any atom is 0.417 e. The number of benzene rings is 2. The van der Waals surface area contributed by atoms with Crippen molar-refractivity contribution < 1.29 is 19.1 Å². The van der Waals surface area contributed by atoms with Crippen LogP contribution >= 0.6 is 0 Å². The van der Waals surface area contributed by atoms with E-state index in [1.54, 1.807) is 47.4 Å². The SMILES string of the molecule is CC(C)CN1C(=O)C(C)(C)COc2cc(NC(=O)Oc3ccccc3)ccc21. The number of amides is 2. The van der Waals surface area contributed by atoms with Gasteiger partial charge in [0, 0.05) is 18.3 Å². The van der Waals surface area contributed by atoms with E-state index in [1.807, 2.05) is 19.9 Å². The zero-order valence-electron chi connectivity index (χ0n) is 16.7. The van der Waals surface area contributed by atoms with E-state index in [-0.39, 0.29) is 12.5 Å². The van der Waals surface area contributed by atoms with E-state index in [4.69, 9.17) is 9.47 Å². The predicted octanol–water partition coefficient (Wildman–Crippen LogP) is 4.71. The summed E-state index contributed by atoms with van der Waals surface area (Å²) in [6.45, 7) is 8.77. The van der Waals surface area contributed by atoms with Gasteiger partial charge in [0.15, 0.2) is 0 Å². The number of anilines is 2. The number of para-hydroxylation sites is 1. The fraction of sp³-hybridized carbons (Fsp3) is 0.364. The molecular formula is C22H26N2O4. The van der Waals surface area contributed by atoms with Gasteiger partial charge in [-0.3, -0.25) is 10.1 Å². The number of ether oxygens (including phenoxy) is 2. The number of nitrogens with one attached hydrogen (secondary N) is 1. The first-order valence-corrected chi connectivity index (χ1v) is 9.39. The Morgan fingerprint density at radius 3 is 2.61 bits per heavy atom. The largest absolute Gasteiger partial charge is 0.490 e. The van der Waals surface area contributed by atoms with E-state index in [0.717, 1.165) is 0 Å². The Morgan fingerprint density at radius 1 is 1.21 bits per heavy atom. The van der Waals surface area contributed by atoms with Gasteiger partial charge in [-0.25, -0.2) is 4.79 Å². The number of carbonyl (C=O) groups is 2. The Bertz CT molecular complexity index is 862. The molecule has 0 spiro atoms. The van der Waals surface area contributed by atoms with Crippen molar-refractivity contribution in [2.75, 3.05) is 23.4 Å². The zero-order valence-corrected chi connectivity index (χ0v) is 16.7. The van der Waals surface area contributed by atoms with Gasteiger partial charge in [-0.2, -0.15) is 0 Å². The summed E-state index contributed by atoms with van der Waals surface area (Å²) in [5.74, 6) is 1.37. The van der Waals surface area contributed by atoms with Crippen LogP contribution in [0.2, 0.25) is 0 Å². The number of carbonyl (C=O) groups excluding carboxylic acids is 2. The van der Waals surface area contributed by atoms with Crippen molar-refractivity contribution in [2.24, 2.45) is 11.3 Å². The van der Waals surface area contributed by atoms with Crippen molar-refractivity contribution in [1.82, 2.24) is 0 Å². The highest BCUT2D eigenvalue weighted by molar-refractivity contribution is 6.00. The number of nitrogens with zero attached hydrogens (tertiary/aromatic N) is 1. The lowest BCUT2D eigenvalue weighted by Crippen LogP contribution is -2.43. The third-order valence-electron chi connectivity index (χ3n) is 4.41. The lowest BCUT2D eigenvalue weighted by Gasteiger charge is -2.29. The van der Waals surface area contributed by atoms with Crippen LogP contribution in [0, 0.1) is 11.3 Å². The molecule has 0 aliphatic carbocycles. The maximum absolute atomic E-state index is 13.0. The maximum atomic E-state index is 13.0. The molecule has 1 N–H and O–H groups in total. The van der Waals surface area contributed by atoms with Crippen molar-refractivity contribution in [3.8, 4) is 11.5 Å². The van der Waals surface area contributed by atoms with Crippen molar-refractivity contribution in [2.45, 2.75) is 27.7 Å². The topological polar surface area (TPSA) is 67.9 Å². The molecule has 0 saturated carbocycles. The third-order valence-corrected chi connectivity index (χ3v) is 4.41. The Hall–Kier alpha value is -3.02. The second-order valence-corrected chi connectivity index (χ2v) is 7.99. The molecule has 0 saturated heterocycles. The van der Waals surface area contributed by atoms with Crippen LogP contribution in [0.1, 0.15) is 27.7 Å². The quantitative estimate of drug-likeness (QED) is 0.832. The molecule has 6 heteroatoms. The second kappa shape index (κ2) is 7.92. The number of rotatable bonds is 4. The van der Waals surface area contributed by atoms with Gasteiger partial charge >= 0.3 is 6.09 Å². The molecule has 1 aliphatic heterocycles. The molecule has 2 amide bonds. The number of fused-ring (bicyclic) bond motifs is 1. The highest BCUT2D eigenvalue weighted by atomic mass is 16.6. The number of hydrogen-bond acceptors (Lipinski definition) is 4. The van der Waals surface area contributed by atoms with Gasteiger partial charge in [0.1, 0.15) is 18.1 Å². The monoisotopic (exact) mass is 382 g/mol. The molecule has 1 aliphatic rings. The van der Waals surface area contributed by atoms with E-state index >= 15 is 0 Å². The predicted molar refractivity (Wildman–Crippen MR) is 109 cm³/mol. The lowest BCUT2D eigenvalue weighted by atomic mass is 9.92. The molecule has 28 heavy (non-hydrogen) atoms. The summed E-state index contributed by atoms with van der Waals surface area (Å²) in [6.07, 6.45) is -0.588. The lowest BCUT2D eigenvalue weighted by molar-refractivity contribution is -0.127. The molecule has 148 valence electrons. The molecule has 2 aromatic carbocycles. The van der Waals surface area contributed by atoms with Crippen LogP contribution in [0.25, 0.3) is 0 Å². The third kappa shape index (κ3) is 4.44. The second-order valence-electron chi connectivity index (χ2n) is 7.99. The van der Waals surface area contributed by atoms with E-state index in [0.29, 0.717) is 35.3 Å². The molecule has 3 rings (SSSR count). The molecule has 6 nitrogen and oxygen atoms in total. The van der Waals surface area contributed by atoms with Crippen LogP contribution in [0.15, 0.2) is 48.5 Å². The summed E-state index contributed by atoms with van der Waals surface area (Å²) in [4.78, 5) is 26.9. The summed E-state index contributed by atoms with van der Waals surface area (Å²) in [5.41, 5.74) is 0.621. The van der Waals surface area contributed by atoms with Crippen molar-refractivity contribution in [1.29, 1.82) is 0 Å². The fourth-order valence-electron chi connectivity index (χ4n) is 3.01. The minimum atomic E-state index is -0.631. The normalized spacial score (nSPS) is 15.5. The van der Waals surface area contributed by atoms with E-state index in [2.05, 4.69) is 19.2 Å². The van der Waals surface area contributed by atoms with Crippen molar-refractivity contribution >= 4 is 23.4 Å². The summed E-state index contributed by atoms with van der Waals surface area (Å²) in [7, 11) is 0. The molecular weight excluding hydrogens is 356 g/mol. The first kappa shape index (κ1) is 19.7. The van der Waals surface area contributed by atoms with Gasteiger partial charge in [-0.05, 0) is 44.0 Å². The average Bonchev–Trinajstić information content (AvgIpc) is 2.72. The molecule has 0 aromatic heterocycles. The summed E-state index contributed by atoms with van der Waals surface area (Å²) < 4.78 is 11.2. The van der Waals surface area contributed by atoms with Crippen LogP contribution in [0.4, 0.5) is 16.2 Å². The molecule has 1 heterocycles. The van der Waals surface area contributed by atoms with Crippen molar-refractivity contribution in [3.63, 3.8) is 0 Å². The molecule has 0 unspecified atom stereocenters. The Morgan fingerprint density at radius 2 is 1.93 bits per heavy atom. The minimum absolute atomic E-state index is 0.0316. The number of hydrogen-bond donors (Lipinski definition) is 1. The van der Waals surface area contributed by atoms with E-state index in [9.17, 15) is 9.59 Å². The van der Waals surface area contributed by atoms with E-state index < -0.39 is 11.5 Å². The molecule has 2 aromatic rings.